The molecule has 15 heavy (non-hydrogen) atoms. The fourth-order valence-electron chi connectivity index (χ4n) is 1.72. The monoisotopic (exact) mass is 197 g/mol. The fraction of sp³-hybridized carbons (Fsp3) is 0.167. The average Bonchev–Trinajstić information content (AvgIpc) is 2.23. The van der Waals surface area contributed by atoms with Gasteiger partial charge in [-0.25, -0.2) is 0 Å². The van der Waals surface area contributed by atoms with Gasteiger partial charge in [0.25, 0.3) is 0 Å². The lowest BCUT2D eigenvalue weighted by atomic mass is 10.0. The van der Waals surface area contributed by atoms with Crippen molar-refractivity contribution >= 4 is 16.6 Å². The number of anilines is 1. The molecule has 0 aliphatic rings. The van der Waals surface area contributed by atoms with E-state index < -0.39 is 0 Å². The van der Waals surface area contributed by atoms with Gasteiger partial charge in [-0.05, 0) is 25.0 Å². The van der Waals surface area contributed by atoms with Crippen molar-refractivity contribution in [3.8, 4) is 6.07 Å². The molecule has 1 aromatic carbocycles. The summed E-state index contributed by atoms with van der Waals surface area (Å²) in [6.07, 6.45) is 1.53. The number of aromatic nitrogens is 1. The summed E-state index contributed by atoms with van der Waals surface area (Å²) >= 11 is 0. The van der Waals surface area contributed by atoms with Gasteiger partial charge >= 0.3 is 0 Å². The molecule has 0 radical (unpaired) electrons. The fourth-order valence-corrected chi connectivity index (χ4v) is 1.72. The Morgan fingerprint density at radius 1 is 1.27 bits per heavy atom. The molecule has 3 heteroatoms. The number of nitrogens with zero attached hydrogens (tertiary/aromatic N) is 2. The van der Waals surface area contributed by atoms with Crippen LogP contribution < -0.4 is 5.73 Å². The third-order valence-electron chi connectivity index (χ3n) is 2.59. The quantitative estimate of drug-likeness (QED) is 0.704. The Kier molecular flexibility index (Phi) is 2.05. The lowest BCUT2D eigenvalue weighted by Crippen LogP contribution is -1.97. The first-order chi connectivity index (χ1) is 7.15. The van der Waals surface area contributed by atoms with Gasteiger partial charge in [0.1, 0.15) is 6.07 Å². The number of benzene rings is 1. The normalized spacial score (nSPS) is 10.2. The number of rotatable bonds is 0. The van der Waals surface area contributed by atoms with Gasteiger partial charge in [-0.1, -0.05) is 12.1 Å². The van der Waals surface area contributed by atoms with E-state index in [2.05, 4.69) is 4.98 Å². The largest absolute Gasteiger partial charge is 0.397 e. The van der Waals surface area contributed by atoms with Crippen molar-refractivity contribution < 1.29 is 0 Å². The molecule has 1 heterocycles. The van der Waals surface area contributed by atoms with Gasteiger partial charge < -0.3 is 5.73 Å². The van der Waals surface area contributed by atoms with Crippen molar-refractivity contribution in [1.29, 1.82) is 5.26 Å². The highest BCUT2D eigenvalue weighted by Gasteiger charge is 2.09. The zero-order chi connectivity index (χ0) is 11.0. The summed E-state index contributed by atoms with van der Waals surface area (Å²) in [7, 11) is 0. The molecular formula is C12H11N3. The molecule has 0 atom stereocenters. The van der Waals surface area contributed by atoms with E-state index in [0.29, 0.717) is 11.3 Å². The summed E-state index contributed by atoms with van der Waals surface area (Å²) in [6.45, 7) is 3.96. The highest BCUT2D eigenvalue weighted by Crippen LogP contribution is 2.27. The number of hydrogen-bond donors (Lipinski definition) is 1. The topological polar surface area (TPSA) is 62.7 Å². The number of pyridine rings is 1. The molecule has 2 aromatic rings. The van der Waals surface area contributed by atoms with E-state index in [4.69, 9.17) is 11.0 Å². The standard InChI is InChI=1S/C12H11N3/c1-7-3-4-8(2)12-10(7)11(14)9(5-13)6-15-12/h3-4,6H,1-2H3,(H2,14,15). The van der Waals surface area contributed by atoms with Crippen LogP contribution >= 0.6 is 0 Å². The summed E-state index contributed by atoms with van der Waals surface area (Å²) in [5, 5.41) is 9.77. The van der Waals surface area contributed by atoms with Gasteiger partial charge in [-0.15, -0.1) is 0 Å². The number of aryl methyl sites for hydroxylation is 2. The molecule has 74 valence electrons. The van der Waals surface area contributed by atoms with Gasteiger partial charge in [0.2, 0.25) is 0 Å². The minimum absolute atomic E-state index is 0.441. The summed E-state index contributed by atoms with van der Waals surface area (Å²) in [5.41, 5.74) is 9.92. The summed E-state index contributed by atoms with van der Waals surface area (Å²) < 4.78 is 0. The molecule has 0 aliphatic heterocycles. The molecule has 3 nitrogen and oxygen atoms in total. The van der Waals surface area contributed by atoms with Crippen molar-refractivity contribution in [3.05, 3.63) is 35.0 Å². The first-order valence-electron chi connectivity index (χ1n) is 4.69. The van der Waals surface area contributed by atoms with Crippen molar-refractivity contribution in [3.63, 3.8) is 0 Å². The molecule has 2 N–H and O–H groups in total. The highest BCUT2D eigenvalue weighted by molar-refractivity contribution is 5.96. The van der Waals surface area contributed by atoms with Crippen LogP contribution in [0.2, 0.25) is 0 Å². The molecular weight excluding hydrogens is 186 g/mol. The van der Waals surface area contributed by atoms with E-state index in [9.17, 15) is 0 Å². The van der Waals surface area contributed by atoms with Crippen LogP contribution in [0.1, 0.15) is 16.7 Å². The maximum atomic E-state index is 8.87. The molecule has 2 rings (SSSR count). The highest BCUT2D eigenvalue weighted by atomic mass is 14.7. The molecule has 1 aromatic heterocycles. The van der Waals surface area contributed by atoms with Gasteiger partial charge in [-0.3, -0.25) is 4.98 Å². The van der Waals surface area contributed by atoms with E-state index in [0.717, 1.165) is 22.0 Å². The first-order valence-corrected chi connectivity index (χ1v) is 4.69. The zero-order valence-electron chi connectivity index (χ0n) is 8.70. The molecule has 0 aliphatic carbocycles. The van der Waals surface area contributed by atoms with Crippen molar-refractivity contribution in [2.45, 2.75) is 13.8 Å². The predicted octanol–water partition coefficient (Wildman–Crippen LogP) is 2.31. The van der Waals surface area contributed by atoms with Crippen molar-refractivity contribution in [2.24, 2.45) is 0 Å². The average molecular weight is 197 g/mol. The van der Waals surface area contributed by atoms with E-state index in [1.54, 1.807) is 0 Å². The van der Waals surface area contributed by atoms with Crippen LogP contribution in [-0.4, -0.2) is 4.98 Å². The maximum Gasteiger partial charge on any atom is 0.103 e. The lowest BCUT2D eigenvalue weighted by molar-refractivity contribution is 1.33. The van der Waals surface area contributed by atoms with E-state index >= 15 is 0 Å². The maximum absolute atomic E-state index is 8.87. The predicted molar refractivity (Wildman–Crippen MR) is 60.3 cm³/mol. The Labute approximate surface area is 88.2 Å². The molecule has 0 spiro atoms. The molecule has 0 bridgehead atoms. The zero-order valence-corrected chi connectivity index (χ0v) is 8.70. The SMILES string of the molecule is Cc1ccc(C)c2c(N)c(C#N)cnc12. The van der Waals surface area contributed by atoms with E-state index in [1.807, 2.05) is 32.0 Å². The summed E-state index contributed by atoms with van der Waals surface area (Å²) in [4.78, 5) is 4.27. The molecule has 0 unspecified atom stereocenters. The lowest BCUT2D eigenvalue weighted by Gasteiger charge is -2.08. The Balaban J connectivity index is 3.00. The number of hydrogen-bond acceptors (Lipinski definition) is 3. The van der Waals surface area contributed by atoms with Crippen LogP contribution in [0.15, 0.2) is 18.3 Å². The number of nitrogens with two attached hydrogens (primary N) is 1. The third kappa shape index (κ3) is 1.31. The van der Waals surface area contributed by atoms with Crippen molar-refractivity contribution in [2.75, 3.05) is 5.73 Å². The Morgan fingerprint density at radius 2 is 1.93 bits per heavy atom. The first kappa shape index (κ1) is 9.47. The molecule has 0 amide bonds. The van der Waals surface area contributed by atoms with Crippen molar-refractivity contribution in [1.82, 2.24) is 4.98 Å². The van der Waals surface area contributed by atoms with Crippen LogP contribution in [0, 0.1) is 25.2 Å². The van der Waals surface area contributed by atoms with Crippen LogP contribution in [0.25, 0.3) is 10.9 Å². The van der Waals surface area contributed by atoms with Gasteiger partial charge in [-0.2, -0.15) is 5.26 Å². The minimum atomic E-state index is 0.441. The summed E-state index contributed by atoms with van der Waals surface area (Å²) in [5.74, 6) is 0. The third-order valence-corrected chi connectivity index (χ3v) is 2.59. The van der Waals surface area contributed by atoms with Gasteiger partial charge in [0.05, 0.1) is 16.8 Å². The van der Waals surface area contributed by atoms with Crippen LogP contribution in [-0.2, 0) is 0 Å². The molecule has 0 saturated carbocycles. The number of nitrogen functional groups attached to an aromatic ring is 1. The smallest absolute Gasteiger partial charge is 0.103 e. The van der Waals surface area contributed by atoms with Crippen LogP contribution in [0.5, 0.6) is 0 Å². The van der Waals surface area contributed by atoms with Crippen LogP contribution in [0.4, 0.5) is 5.69 Å². The summed E-state index contributed by atoms with van der Waals surface area (Å²) in [6, 6.07) is 6.05. The van der Waals surface area contributed by atoms with Gasteiger partial charge in [0, 0.05) is 11.6 Å². The Hall–Kier alpha value is -2.08. The van der Waals surface area contributed by atoms with E-state index in [-0.39, 0.29) is 0 Å². The molecule has 0 saturated heterocycles. The second kappa shape index (κ2) is 3.25. The van der Waals surface area contributed by atoms with Crippen LogP contribution in [0.3, 0.4) is 0 Å². The molecule has 0 fully saturated rings. The van der Waals surface area contributed by atoms with E-state index in [1.165, 1.54) is 6.20 Å². The van der Waals surface area contributed by atoms with Gasteiger partial charge in [0.15, 0.2) is 0 Å². The second-order valence-electron chi connectivity index (χ2n) is 3.62. The number of fused-ring (bicyclic) bond motifs is 1. The Morgan fingerprint density at radius 3 is 2.60 bits per heavy atom. The second-order valence-corrected chi connectivity index (χ2v) is 3.62. The minimum Gasteiger partial charge on any atom is -0.397 e. The number of nitriles is 1. The Bertz CT molecular complexity index is 579.